The van der Waals surface area contributed by atoms with Gasteiger partial charge in [0, 0.05) is 0 Å². The normalized spacial score (nSPS) is 21.4. The highest BCUT2D eigenvalue weighted by Crippen LogP contribution is 2.40. The number of carbonyl (C=O) groups excluding carboxylic acids is 2. The van der Waals surface area contributed by atoms with Crippen LogP contribution in [0.3, 0.4) is 0 Å². The largest absolute Gasteiger partial charge is 0.508 e. The van der Waals surface area contributed by atoms with Gasteiger partial charge in [-0.05, 0) is 55.2 Å². The summed E-state index contributed by atoms with van der Waals surface area (Å²) < 4.78 is 0. The van der Waals surface area contributed by atoms with Crippen LogP contribution in [0.15, 0.2) is 54.6 Å². The number of nitrogens with zero attached hydrogens (tertiary/aromatic N) is 2. The molecular formula is C20H20N2O3. The first kappa shape index (κ1) is 15.7. The molecule has 0 spiro atoms. The molecule has 2 aromatic carbocycles. The summed E-state index contributed by atoms with van der Waals surface area (Å²) >= 11 is 0. The molecule has 1 N–H and O–H groups in total. The summed E-state index contributed by atoms with van der Waals surface area (Å²) in [6.07, 6.45) is 4.00. The average molecular weight is 336 g/mol. The van der Waals surface area contributed by atoms with Gasteiger partial charge in [0.25, 0.3) is 11.8 Å². The Morgan fingerprint density at radius 2 is 1.28 bits per heavy atom. The van der Waals surface area contributed by atoms with Crippen molar-refractivity contribution in [3.8, 4) is 5.75 Å². The molecule has 128 valence electrons. The van der Waals surface area contributed by atoms with Crippen molar-refractivity contribution in [2.24, 2.45) is 11.8 Å². The van der Waals surface area contributed by atoms with Gasteiger partial charge >= 0.3 is 0 Å². The predicted octanol–water partition coefficient (Wildman–Crippen LogP) is 3.49. The number of anilines is 2. The third kappa shape index (κ3) is 2.65. The van der Waals surface area contributed by atoms with Gasteiger partial charge in [0.05, 0.1) is 11.4 Å². The zero-order chi connectivity index (χ0) is 17.4. The molecule has 1 saturated carbocycles. The van der Waals surface area contributed by atoms with Crippen LogP contribution in [0.25, 0.3) is 0 Å². The third-order valence-corrected chi connectivity index (χ3v) is 5.12. The molecule has 1 saturated heterocycles. The number of rotatable bonds is 3. The van der Waals surface area contributed by atoms with Gasteiger partial charge in [-0.15, -0.1) is 0 Å². The minimum absolute atomic E-state index is 0.119. The number of carbonyl (C=O) groups is 2. The number of phenolic OH excluding ortho intramolecular Hbond substituents is 1. The summed E-state index contributed by atoms with van der Waals surface area (Å²) in [6.45, 7) is 0. The summed E-state index contributed by atoms with van der Waals surface area (Å²) in [5.74, 6) is -0.701. The first-order chi connectivity index (χ1) is 12.2. The summed E-state index contributed by atoms with van der Waals surface area (Å²) in [7, 11) is 0. The van der Waals surface area contributed by atoms with Crippen LogP contribution in [-0.4, -0.2) is 16.9 Å². The van der Waals surface area contributed by atoms with Crippen molar-refractivity contribution in [2.45, 2.75) is 25.7 Å². The molecule has 1 unspecified atom stereocenters. The van der Waals surface area contributed by atoms with E-state index < -0.39 is 5.92 Å². The lowest BCUT2D eigenvalue weighted by Gasteiger charge is -2.27. The smallest absolute Gasteiger partial charge is 0.259 e. The molecule has 2 fully saturated rings. The number of hydrogen-bond acceptors (Lipinski definition) is 3. The predicted molar refractivity (Wildman–Crippen MR) is 95.0 cm³/mol. The minimum atomic E-state index is -0.614. The van der Waals surface area contributed by atoms with Gasteiger partial charge in [-0.1, -0.05) is 31.0 Å². The lowest BCUT2D eigenvalue weighted by molar-refractivity contribution is -0.129. The van der Waals surface area contributed by atoms with Gasteiger partial charge < -0.3 is 5.11 Å². The van der Waals surface area contributed by atoms with Crippen LogP contribution in [0.4, 0.5) is 11.4 Å². The van der Waals surface area contributed by atoms with Crippen molar-refractivity contribution in [3.05, 3.63) is 54.6 Å². The lowest BCUT2D eigenvalue weighted by atomic mass is 9.90. The number of hydrazine groups is 1. The van der Waals surface area contributed by atoms with Crippen LogP contribution >= 0.6 is 0 Å². The highest BCUT2D eigenvalue weighted by atomic mass is 16.3. The van der Waals surface area contributed by atoms with Crippen molar-refractivity contribution >= 4 is 23.2 Å². The van der Waals surface area contributed by atoms with Gasteiger partial charge in [-0.3, -0.25) is 9.59 Å². The Labute approximate surface area is 146 Å². The van der Waals surface area contributed by atoms with Crippen LogP contribution in [0.1, 0.15) is 25.7 Å². The Hall–Kier alpha value is -2.82. The molecule has 25 heavy (non-hydrogen) atoms. The molecule has 0 radical (unpaired) electrons. The van der Waals surface area contributed by atoms with E-state index >= 15 is 0 Å². The number of para-hydroxylation sites is 1. The number of aromatic hydroxyl groups is 1. The second kappa shape index (κ2) is 6.24. The van der Waals surface area contributed by atoms with E-state index in [0.29, 0.717) is 11.4 Å². The molecule has 5 heteroatoms. The van der Waals surface area contributed by atoms with Gasteiger partial charge in [0.2, 0.25) is 0 Å². The van der Waals surface area contributed by atoms with E-state index in [1.54, 1.807) is 12.1 Å². The molecule has 0 aromatic heterocycles. The zero-order valence-electron chi connectivity index (χ0n) is 13.8. The number of benzene rings is 2. The summed E-state index contributed by atoms with van der Waals surface area (Å²) in [5, 5.41) is 12.5. The standard InChI is InChI=1S/C20H20N2O3/c23-17-12-10-16(11-13-17)22-20(25)18(14-6-4-5-7-14)19(24)21(22)15-8-2-1-3-9-15/h1-3,8-14,18,23H,4-7H2. The molecule has 0 bridgehead atoms. The van der Waals surface area contributed by atoms with E-state index in [-0.39, 0.29) is 23.5 Å². The van der Waals surface area contributed by atoms with E-state index in [1.807, 2.05) is 30.3 Å². The molecule has 2 amide bonds. The number of amides is 2. The summed E-state index contributed by atoms with van der Waals surface area (Å²) in [6, 6.07) is 15.6. The average Bonchev–Trinajstić information content (AvgIpc) is 3.23. The molecule has 4 rings (SSSR count). The Morgan fingerprint density at radius 3 is 1.84 bits per heavy atom. The van der Waals surface area contributed by atoms with Gasteiger partial charge in [-0.25, -0.2) is 10.0 Å². The van der Waals surface area contributed by atoms with E-state index in [2.05, 4.69) is 0 Å². The maximum atomic E-state index is 13.2. The highest BCUT2D eigenvalue weighted by molar-refractivity contribution is 6.23. The van der Waals surface area contributed by atoms with Gasteiger partial charge in [-0.2, -0.15) is 0 Å². The van der Waals surface area contributed by atoms with Crippen LogP contribution in [0.2, 0.25) is 0 Å². The van der Waals surface area contributed by atoms with E-state index in [0.717, 1.165) is 25.7 Å². The molecule has 1 heterocycles. The Morgan fingerprint density at radius 1 is 0.760 bits per heavy atom. The molecular weight excluding hydrogens is 316 g/mol. The molecule has 1 aliphatic carbocycles. The molecule has 1 aliphatic heterocycles. The summed E-state index contributed by atoms with van der Waals surface area (Å²) in [4.78, 5) is 26.3. The number of phenols is 1. The minimum Gasteiger partial charge on any atom is -0.508 e. The fraction of sp³-hybridized carbons (Fsp3) is 0.300. The monoisotopic (exact) mass is 336 g/mol. The maximum absolute atomic E-state index is 13.2. The van der Waals surface area contributed by atoms with Crippen LogP contribution in [0.5, 0.6) is 5.75 Å². The van der Waals surface area contributed by atoms with E-state index in [9.17, 15) is 14.7 Å². The fourth-order valence-electron chi connectivity index (χ4n) is 3.91. The molecule has 2 aliphatic rings. The lowest BCUT2D eigenvalue weighted by Crippen LogP contribution is -2.41. The van der Waals surface area contributed by atoms with Crippen LogP contribution < -0.4 is 10.0 Å². The fourth-order valence-corrected chi connectivity index (χ4v) is 3.91. The zero-order valence-corrected chi connectivity index (χ0v) is 13.8. The molecule has 1 atom stereocenters. The van der Waals surface area contributed by atoms with Crippen molar-refractivity contribution in [3.63, 3.8) is 0 Å². The van der Waals surface area contributed by atoms with E-state index in [1.165, 1.54) is 22.2 Å². The second-order valence-corrected chi connectivity index (χ2v) is 6.67. The Balaban J connectivity index is 1.78. The van der Waals surface area contributed by atoms with Crippen LogP contribution in [0, 0.1) is 11.8 Å². The number of hydrogen-bond donors (Lipinski definition) is 1. The quantitative estimate of drug-likeness (QED) is 0.873. The Kier molecular flexibility index (Phi) is 3.92. The Bertz CT molecular complexity index is 782. The second-order valence-electron chi connectivity index (χ2n) is 6.67. The highest BCUT2D eigenvalue weighted by Gasteiger charge is 2.50. The van der Waals surface area contributed by atoms with Gasteiger partial charge in [0.15, 0.2) is 0 Å². The first-order valence-corrected chi connectivity index (χ1v) is 8.69. The van der Waals surface area contributed by atoms with Crippen molar-refractivity contribution in [1.29, 1.82) is 0 Å². The van der Waals surface area contributed by atoms with Crippen molar-refractivity contribution in [1.82, 2.24) is 0 Å². The van der Waals surface area contributed by atoms with Crippen molar-refractivity contribution in [2.75, 3.05) is 10.0 Å². The van der Waals surface area contributed by atoms with Crippen molar-refractivity contribution < 1.29 is 14.7 Å². The maximum Gasteiger partial charge on any atom is 0.259 e. The van der Waals surface area contributed by atoms with E-state index in [4.69, 9.17) is 0 Å². The third-order valence-electron chi connectivity index (χ3n) is 5.12. The van der Waals surface area contributed by atoms with Gasteiger partial charge in [0.1, 0.15) is 11.7 Å². The summed E-state index contributed by atoms with van der Waals surface area (Å²) in [5.41, 5.74) is 1.26. The first-order valence-electron chi connectivity index (χ1n) is 8.69. The topological polar surface area (TPSA) is 60.9 Å². The van der Waals surface area contributed by atoms with Crippen LogP contribution in [-0.2, 0) is 9.59 Å². The SMILES string of the molecule is O=C1C(C2CCCC2)C(=O)N(c2ccc(O)cc2)N1c1ccccc1. The molecule has 2 aromatic rings. The molecule has 5 nitrogen and oxygen atoms in total.